The van der Waals surface area contributed by atoms with Crippen LogP contribution in [0.15, 0.2) is 146 Å². The number of hydrogen-bond acceptors (Lipinski definition) is 15. The zero-order valence-corrected chi connectivity index (χ0v) is 59.3. The number of aromatic amines is 3. The van der Waals surface area contributed by atoms with Crippen molar-refractivity contribution in [3.8, 4) is 0 Å². The standard InChI is InChI=1S/C75H88F2N14O11S2/c1-44-67(95)86-59(32-49-38-81-56-22-20-51(76)34-54(49)56)69(97)87-60(33-50-39-82-57-23-21-52(77)35-55(50)57)70(98)89-62(37-64(93)94)71(99)88-61(36-53-40-79-43-83-53)72(100)90-66(65(47-15-5-3-6-16-47)48-17-7-4-8-18-48)73(101)91-28-12-25-75(91,2)74(102)80-27-30-104-42-46-14-11-13-45(31-46)41-103-29-24-63(92)85-58(68(96)84-44)19-9-10-26-78/h3-8,11,13-18,20-23,31,34-35,38-40,43-44,58-62,64-66,81-82,93-94H,9-10,12,19,24-30,32-33,36-37,41-42,78H2,1-2H3,(H,79,83)(H,80,102)(H,84,96)(H,85,92)(H,86,95)(H,87,97)(H,88,99)(H,89,98)(H,90,100)/t44-,58+,59+,60+,61+,62+,66+,75+/m1/s1. The number of nitrogens with two attached hydrogens (primary N) is 1. The van der Waals surface area contributed by atoms with Gasteiger partial charge in [-0.25, -0.2) is 13.8 Å². The molecule has 550 valence electrons. The van der Waals surface area contributed by atoms with E-state index < -0.39 is 138 Å². The molecule has 9 amide bonds. The van der Waals surface area contributed by atoms with Crippen molar-refractivity contribution in [3.05, 3.63) is 197 Å². The monoisotopic (exact) mass is 1460 g/mol. The highest BCUT2D eigenvalue weighted by Crippen LogP contribution is 2.36. The third kappa shape index (κ3) is 20.3. The number of aliphatic hydroxyl groups is 2. The molecule has 10 rings (SSSR count). The number of aromatic nitrogens is 4. The van der Waals surface area contributed by atoms with Gasteiger partial charge in [-0.15, -0.1) is 0 Å². The SMILES string of the molecule is C[C@H]1NC(=O)[C@H](CCCCN)NC(=O)CCSCc2cccc(c2)CSCCNC(=O)[C@]2(C)CCCN2C(=O)[C@H](C(c2ccccc2)c2ccccc2)NC(=O)[C@H](Cc2cnc[nH]2)NC(=O)[C@H](CC(O)O)NC(=O)[C@H](Cc2c[nH]c3ccc(F)cc23)NC(=O)[C@H](Cc2c[nH]c3ccc(F)cc23)NC1=O. The van der Waals surface area contributed by atoms with Crippen molar-refractivity contribution < 1.29 is 62.1 Å². The Morgan fingerprint density at radius 3 is 1.73 bits per heavy atom. The fourth-order valence-corrected chi connectivity index (χ4v) is 14.9. The van der Waals surface area contributed by atoms with Gasteiger partial charge in [-0.05, 0) is 122 Å². The number of halogens is 2. The molecule has 0 unspecified atom stereocenters. The van der Waals surface area contributed by atoms with Crippen LogP contribution in [-0.4, -0.2) is 173 Å². The smallest absolute Gasteiger partial charge is 0.247 e. The summed E-state index contributed by atoms with van der Waals surface area (Å²) in [6.07, 6.45) is 3.38. The molecule has 2 aliphatic rings. The van der Waals surface area contributed by atoms with Crippen LogP contribution < -0.4 is 48.3 Å². The molecule has 0 radical (unpaired) electrons. The third-order valence-electron chi connectivity index (χ3n) is 18.8. The molecular weight excluding hydrogens is 1380 g/mol. The highest BCUT2D eigenvalue weighted by molar-refractivity contribution is 7.98. The lowest BCUT2D eigenvalue weighted by atomic mass is 9.83. The van der Waals surface area contributed by atoms with Gasteiger partial charge < -0.3 is 78.3 Å². The zero-order valence-electron chi connectivity index (χ0n) is 57.7. The van der Waals surface area contributed by atoms with E-state index in [9.17, 15) is 33.8 Å². The lowest BCUT2D eigenvalue weighted by Gasteiger charge is -2.39. The number of carbonyl (C=O) groups excluding carboxylic acids is 9. The number of nitrogens with one attached hydrogen (secondary N) is 11. The molecule has 5 aromatic carbocycles. The molecule has 2 bridgehead atoms. The Morgan fingerprint density at radius 2 is 1.15 bits per heavy atom. The fourth-order valence-electron chi connectivity index (χ4n) is 13.2. The highest BCUT2D eigenvalue weighted by atomic mass is 32.2. The van der Waals surface area contributed by atoms with Crippen molar-refractivity contribution in [1.29, 1.82) is 0 Å². The van der Waals surface area contributed by atoms with Crippen LogP contribution >= 0.6 is 23.5 Å². The first kappa shape index (κ1) is 76.7. The van der Waals surface area contributed by atoms with Crippen molar-refractivity contribution in [2.75, 3.05) is 31.1 Å². The highest BCUT2D eigenvalue weighted by Gasteiger charge is 2.49. The van der Waals surface area contributed by atoms with Crippen LogP contribution in [0.2, 0.25) is 0 Å². The van der Waals surface area contributed by atoms with E-state index in [-0.39, 0.29) is 44.3 Å². The molecule has 25 nitrogen and oxygen atoms in total. The second kappa shape index (κ2) is 36.5. The number of benzene rings is 5. The van der Waals surface area contributed by atoms with E-state index in [0.29, 0.717) is 99.4 Å². The van der Waals surface area contributed by atoms with Gasteiger partial charge in [-0.3, -0.25) is 43.2 Å². The van der Waals surface area contributed by atoms with Crippen molar-refractivity contribution in [2.45, 2.75) is 150 Å². The van der Waals surface area contributed by atoms with Crippen LogP contribution in [0, 0.1) is 11.6 Å². The molecule has 8 aromatic rings. The summed E-state index contributed by atoms with van der Waals surface area (Å²) in [6.45, 7) is 3.79. The molecule has 3 aromatic heterocycles. The topological polar surface area (TPSA) is 380 Å². The first-order valence-corrected chi connectivity index (χ1v) is 37.0. The van der Waals surface area contributed by atoms with Gasteiger partial charge >= 0.3 is 0 Å². The van der Waals surface area contributed by atoms with Crippen LogP contribution in [0.1, 0.15) is 104 Å². The summed E-state index contributed by atoms with van der Waals surface area (Å²) in [5.41, 5.74) is 9.59. The molecular formula is C75H88F2N14O11S2. The minimum absolute atomic E-state index is 0.0573. The van der Waals surface area contributed by atoms with Gasteiger partial charge in [-0.1, -0.05) is 84.9 Å². The Labute approximate surface area is 608 Å². The Kier molecular flexibility index (Phi) is 26.9. The van der Waals surface area contributed by atoms with E-state index >= 15 is 28.4 Å². The average Bonchev–Trinajstić information content (AvgIpc) is 1.40. The first-order chi connectivity index (χ1) is 50.1. The number of rotatable bonds is 15. The molecule has 2 aliphatic heterocycles. The van der Waals surface area contributed by atoms with Gasteiger partial charge in [-0.2, -0.15) is 23.5 Å². The summed E-state index contributed by atoms with van der Waals surface area (Å²) >= 11 is 3.14. The van der Waals surface area contributed by atoms with Crippen molar-refractivity contribution in [3.63, 3.8) is 0 Å². The summed E-state index contributed by atoms with van der Waals surface area (Å²) in [4.78, 5) is 149. The maximum Gasteiger partial charge on any atom is 0.247 e. The molecule has 1 saturated heterocycles. The second-order valence-electron chi connectivity index (χ2n) is 26.4. The van der Waals surface area contributed by atoms with E-state index in [4.69, 9.17) is 5.73 Å². The maximum absolute atomic E-state index is 15.9. The van der Waals surface area contributed by atoms with Gasteiger partial charge in [0.1, 0.15) is 59.5 Å². The van der Waals surface area contributed by atoms with Crippen LogP contribution in [0.5, 0.6) is 0 Å². The minimum Gasteiger partial charge on any atom is -0.368 e. The van der Waals surface area contributed by atoms with Crippen LogP contribution in [0.4, 0.5) is 8.78 Å². The number of unbranched alkanes of at least 4 members (excludes halogenated alkanes) is 1. The normalized spacial score (nSPS) is 22.6. The number of imidazole rings is 1. The zero-order chi connectivity index (χ0) is 73.9. The molecule has 15 N–H and O–H groups in total. The number of thioether (sulfide) groups is 2. The maximum atomic E-state index is 15.9. The summed E-state index contributed by atoms with van der Waals surface area (Å²) in [5, 5.41) is 44.2. The Bertz CT molecular complexity index is 4260. The quantitative estimate of drug-likeness (QED) is 0.0483. The van der Waals surface area contributed by atoms with Gasteiger partial charge in [0, 0.05) is 120 Å². The van der Waals surface area contributed by atoms with Gasteiger partial charge in [0.15, 0.2) is 6.29 Å². The number of amides is 9. The van der Waals surface area contributed by atoms with Gasteiger partial charge in [0.05, 0.1) is 6.33 Å². The van der Waals surface area contributed by atoms with E-state index in [1.54, 1.807) is 55.1 Å². The third-order valence-corrected chi connectivity index (χ3v) is 20.8. The average molecular weight is 1460 g/mol. The lowest BCUT2D eigenvalue weighted by molar-refractivity contribution is -0.147. The summed E-state index contributed by atoms with van der Waals surface area (Å²) in [6, 6.07) is 23.0. The Morgan fingerprint density at radius 1 is 0.606 bits per heavy atom. The van der Waals surface area contributed by atoms with Gasteiger partial charge in [0.2, 0.25) is 53.2 Å². The Hall–Kier alpha value is -9.94. The van der Waals surface area contributed by atoms with Crippen LogP contribution in [0.3, 0.4) is 0 Å². The van der Waals surface area contributed by atoms with Crippen molar-refractivity contribution in [2.24, 2.45) is 5.73 Å². The number of nitrogens with zero attached hydrogens (tertiary/aromatic N) is 2. The molecule has 29 heteroatoms. The molecule has 0 saturated carbocycles. The molecule has 104 heavy (non-hydrogen) atoms. The number of carbonyl (C=O) groups is 9. The molecule has 0 aliphatic carbocycles. The van der Waals surface area contributed by atoms with Gasteiger partial charge in [0.25, 0.3) is 0 Å². The van der Waals surface area contributed by atoms with E-state index in [1.807, 2.05) is 42.5 Å². The second-order valence-corrected chi connectivity index (χ2v) is 28.6. The van der Waals surface area contributed by atoms with Crippen molar-refractivity contribution in [1.82, 2.24) is 67.4 Å². The van der Waals surface area contributed by atoms with E-state index in [2.05, 4.69) is 68.5 Å². The summed E-state index contributed by atoms with van der Waals surface area (Å²) < 4.78 is 30.0. The summed E-state index contributed by atoms with van der Waals surface area (Å²) in [5.74, 6) is -7.22. The van der Waals surface area contributed by atoms with Crippen molar-refractivity contribution >= 4 is 98.5 Å². The molecule has 1 fully saturated rings. The number of hydrogen-bond donors (Lipinski definition) is 14. The molecule has 8 atom stereocenters. The molecule has 0 spiro atoms. The Balaban J connectivity index is 1.01. The first-order valence-electron chi connectivity index (χ1n) is 34.7. The molecule has 5 heterocycles. The van der Waals surface area contributed by atoms with E-state index in [0.717, 1.165) is 11.1 Å². The summed E-state index contributed by atoms with van der Waals surface area (Å²) in [7, 11) is 0. The lowest BCUT2D eigenvalue weighted by Crippen LogP contribution is -2.63. The number of aliphatic hydroxyl groups excluding tert-OH is 1. The van der Waals surface area contributed by atoms with E-state index in [1.165, 1.54) is 84.9 Å². The largest absolute Gasteiger partial charge is 0.368 e. The van der Waals surface area contributed by atoms with Crippen LogP contribution in [0.25, 0.3) is 21.8 Å². The predicted octanol–water partition coefficient (Wildman–Crippen LogP) is 4.82. The fraction of sp³-hybridized carbons (Fsp3) is 0.387. The minimum atomic E-state index is -2.29. The number of fused-ring (bicyclic) bond motifs is 5. The predicted molar refractivity (Wildman–Crippen MR) is 392 cm³/mol. The number of H-pyrrole nitrogens is 3. The van der Waals surface area contributed by atoms with Crippen LogP contribution in [-0.2, 0) is 73.9 Å².